The Morgan fingerprint density at radius 3 is 2.94 bits per heavy atom. The van der Waals surface area contributed by atoms with Gasteiger partial charge in [0.15, 0.2) is 0 Å². The summed E-state index contributed by atoms with van der Waals surface area (Å²) in [6.07, 6.45) is 2.69. The SMILES string of the molecule is COc1ccc2nccc(-c3[nH]c4c(c3Nc3cccc(Cl)c3C)C(=O)NC3CC43)c2n1. The highest BCUT2D eigenvalue weighted by atomic mass is 35.5. The lowest BCUT2D eigenvalue weighted by Crippen LogP contribution is -2.31. The Bertz CT molecular complexity index is 1410. The van der Waals surface area contributed by atoms with E-state index in [0.717, 1.165) is 40.1 Å². The minimum atomic E-state index is -0.0765. The Balaban J connectivity index is 1.61. The summed E-state index contributed by atoms with van der Waals surface area (Å²) < 4.78 is 5.35. The Morgan fingerprint density at radius 2 is 2.09 bits per heavy atom. The number of fused-ring (bicyclic) bond motifs is 4. The molecule has 0 bridgehead atoms. The van der Waals surface area contributed by atoms with Crippen LogP contribution in [0.25, 0.3) is 22.3 Å². The fourth-order valence-corrected chi connectivity index (χ4v) is 4.65. The van der Waals surface area contributed by atoms with Crippen molar-refractivity contribution < 1.29 is 9.53 Å². The van der Waals surface area contributed by atoms with E-state index in [9.17, 15) is 4.79 Å². The molecule has 1 saturated carbocycles. The van der Waals surface area contributed by atoms with Crippen molar-refractivity contribution in [2.75, 3.05) is 12.4 Å². The number of hydrogen-bond acceptors (Lipinski definition) is 5. The second-order valence-electron chi connectivity index (χ2n) is 8.20. The van der Waals surface area contributed by atoms with Crippen LogP contribution < -0.4 is 15.4 Å². The summed E-state index contributed by atoms with van der Waals surface area (Å²) in [5.41, 5.74) is 7.16. The number of nitrogens with one attached hydrogen (secondary N) is 3. The van der Waals surface area contributed by atoms with E-state index in [4.69, 9.17) is 16.3 Å². The quantitative estimate of drug-likeness (QED) is 0.414. The summed E-state index contributed by atoms with van der Waals surface area (Å²) in [5.74, 6) is 0.726. The van der Waals surface area contributed by atoms with E-state index >= 15 is 0 Å². The fraction of sp³-hybridized carbons (Fsp3) is 0.208. The van der Waals surface area contributed by atoms with Crippen LogP contribution in [0.1, 0.15) is 34.0 Å². The van der Waals surface area contributed by atoms with Gasteiger partial charge in [-0.15, -0.1) is 0 Å². The van der Waals surface area contributed by atoms with Crippen molar-refractivity contribution in [1.29, 1.82) is 0 Å². The highest BCUT2D eigenvalue weighted by Crippen LogP contribution is 2.50. The van der Waals surface area contributed by atoms with Gasteiger partial charge in [-0.3, -0.25) is 9.78 Å². The van der Waals surface area contributed by atoms with Gasteiger partial charge in [0, 0.05) is 46.2 Å². The number of rotatable bonds is 4. The van der Waals surface area contributed by atoms with Crippen LogP contribution in [0.3, 0.4) is 0 Å². The third kappa shape index (κ3) is 2.85. The van der Waals surface area contributed by atoms with E-state index in [1.54, 1.807) is 19.4 Å². The third-order valence-electron chi connectivity index (χ3n) is 6.30. The predicted molar refractivity (Wildman–Crippen MR) is 124 cm³/mol. The molecule has 1 aliphatic heterocycles. The molecule has 4 heterocycles. The first kappa shape index (κ1) is 19.1. The number of halogens is 1. The van der Waals surface area contributed by atoms with Crippen molar-refractivity contribution in [1.82, 2.24) is 20.3 Å². The second-order valence-corrected chi connectivity index (χ2v) is 8.61. The molecule has 1 fully saturated rings. The zero-order valence-electron chi connectivity index (χ0n) is 17.5. The van der Waals surface area contributed by atoms with Gasteiger partial charge < -0.3 is 20.4 Å². The molecule has 2 atom stereocenters. The zero-order chi connectivity index (χ0) is 22.0. The van der Waals surface area contributed by atoms with Crippen molar-refractivity contribution in [3.63, 3.8) is 0 Å². The highest BCUT2D eigenvalue weighted by molar-refractivity contribution is 6.31. The first-order valence-electron chi connectivity index (χ1n) is 10.4. The molecule has 0 radical (unpaired) electrons. The second kappa shape index (κ2) is 6.97. The predicted octanol–water partition coefficient (Wildman–Crippen LogP) is 4.94. The lowest BCUT2D eigenvalue weighted by atomic mass is 10.0. The molecule has 7 nitrogen and oxygen atoms in total. The Morgan fingerprint density at radius 1 is 1.22 bits per heavy atom. The van der Waals surface area contributed by atoms with Crippen LogP contribution in [0, 0.1) is 6.92 Å². The molecular weight excluding hydrogens is 426 g/mol. The van der Waals surface area contributed by atoms with E-state index in [2.05, 4.69) is 25.6 Å². The van der Waals surface area contributed by atoms with E-state index < -0.39 is 0 Å². The number of amides is 1. The maximum Gasteiger partial charge on any atom is 0.255 e. The number of carbonyl (C=O) groups excluding carboxylic acids is 1. The molecule has 6 rings (SSSR count). The van der Waals surface area contributed by atoms with E-state index in [1.807, 2.05) is 37.3 Å². The van der Waals surface area contributed by atoms with Gasteiger partial charge in [-0.05, 0) is 43.2 Å². The number of ether oxygens (including phenoxy) is 1. The lowest BCUT2D eigenvalue weighted by molar-refractivity contribution is 0.0944. The number of methoxy groups -OCH3 is 1. The summed E-state index contributed by atoms with van der Waals surface area (Å²) >= 11 is 6.36. The number of hydrogen-bond donors (Lipinski definition) is 3. The molecule has 1 amide bonds. The number of anilines is 2. The van der Waals surface area contributed by atoms with E-state index in [-0.39, 0.29) is 11.9 Å². The van der Waals surface area contributed by atoms with Crippen LogP contribution >= 0.6 is 11.6 Å². The minimum Gasteiger partial charge on any atom is -0.481 e. The maximum absolute atomic E-state index is 13.0. The first-order chi connectivity index (χ1) is 15.5. The van der Waals surface area contributed by atoms with Crippen LogP contribution in [0.5, 0.6) is 5.88 Å². The van der Waals surface area contributed by atoms with Crippen molar-refractivity contribution in [3.05, 3.63) is 64.4 Å². The van der Waals surface area contributed by atoms with Crippen molar-refractivity contribution in [3.8, 4) is 17.1 Å². The van der Waals surface area contributed by atoms with Crippen LogP contribution in [0.4, 0.5) is 11.4 Å². The Labute approximate surface area is 189 Å². The molecule has 0 spiro atoms. The topological polar surface area (TPSA) is 91.9 Å². The minimum absolute atomic E-state index is 0.0765. The van der Waals surface area contributed by atoms with Gasteiger partial charge >= 0.3 is 0 Å². The monoisotopic (exact) mass is 445 g/mol. The maximum atomic E-state index is 13.0. The fourth-order valence-electron chi connectivity index (χ4n) is 4.47. The average molecular weight is 446 g/mol. The van der Waals surface area contributed by atoms with Gasteiger partial charge in [-0.1, -0.05) is 17.7 Å². The number of pyridine rings is 2. The summed E-state index contributed by atoms with van der Waals surface area (Å²) in [7, 11) is 1.59. The summed E-state index contributed by atoms with van der Waals surface area (Å²) in [6.45, 7) is 1.95. The number of carbonyl (C=O) groups is 1. The Hall–Kier alpha value is -3.58. The van der Waals surface area contributed by atoms with Gasteiger partial charge in [-0.2, -0.15) is 0 Å². The molecule has 3 N–H and O–H groups in total. The summed E-state index contributed by atoms with van der Waals surface area (Å²) in [5, 5.41) is 7.26. The molecule has 4 aromatic rings. The molecule has 0 saturated heterocycles. The average Bonchev–Trinajstić information content (AvgIpc) is 3.48. The molecule has 3 aromatic heterocycles. The highest BCUT2D eigenvalue weighted by Gasteiger charge is 2.48. The van der Waals surface area contributed by atoms with Gasteiger partial charge in [0.05, 0.1) is 29.6 Å². The summed E-state index contributed by atoms with van der Waals surface area (Å²) in [4.78, 5) is 25.7. The van der Waals surface area contributed by atoms with Crippen LogP contribution in [-0.4, -0.2) is 34.0 Å². The first-order valence-corrected chi connectivity index (χ1v) is 10.8. The van der Waals surface area contributed by atoms with Crippen LogP contribution in [0.15, 0.2) is 42.6 Å². The van der Waals surface area contributed by atoms with E-state index in [1.165, 1.54) is 0 Å². The van der Waals surface area contributed by atoms with Crippen LogP contribution in [0.2, 0.25) is 5.02 Å². The largest absolute Gasteiger partial charge is 0.481 e. The van der Waals surface area contributed by atoms with Crippen molar-refractivity contribution >= 4 is 39.9 Å². The number of aromatic nitrogens is 3. The number of nitrogens with zero attached hydrogens (tertiary/aromatic N) is 2. The molecule has 1 aromatic carbocycles. The van der Waals surface area contributed by atoms with Crippen molar-refractivity contribution in [2.24, 2.45) is 0 Å². The lowest BCUT2D eigenvalue weighted by Gasteiger charge is -2.16. The molecule has 1 aliphatic carbocycles. The third-order valence-corrected chi connectivity index (χ3v) is 6.71. The molecular formula is C24H20ClN5O2. The molecule has 2 unspecified atom stereocenters. The standard InChI is InChI=1S/C24H20ClN5O2/c1-11-14(25)4-3-5-15(11)27-23-19-21(13-10-17(13)28-24(19)31)30-22(23)12-8-9-26-16-6-7-18(32-2)29-20(12)16/h3-9,13,17,27,30H,10H2,1-2H3,(H,28,31). The van der Waals surface area contributed by atoms with Gasteiger partial charge in [0.2, 0.25) is 5.88 Å². The zero-order valence-corrected chi connectivity index (χ0v) is 18.2. The molecule has 8 heteroatoms. The molecule has 160 valence electrons. The smallest absolute Gasteiger partial charge is 0.255 e. The number of aromatic amines is 1. The van der Waals surface area contributed by atoms with Crippen molar-refractivity contribution in [2.45, 2.75) is 25.3 Å². The van der Waals surface area contributed by atoms with Gasteiger partial charge in [0.25, 0.3) is 5.91 Å². The number of H-pyrrole nitrogens is 1. The van der Waals surface area contributed by atoms with E-state index in [0.29, 0.717) is 33.6 Å². The summed E-state index contributed by atoms with van der Waals surface area (Å²) in [6, 6.07) is 11.5. The van der Waals surface area contributed by atoms with Crippen LogP contribution in [-0.2, 0) is 0 Å². The molecule has 32 heavy (non-hydrogen) atoms. The number of benzene rings is 1. The normalized spacial score (nSPS) is 18.7. The van der Waals surface area contributed by atoms with Gasteiger partial charge in [0.1, 0.15) is 5.52 Å². The van der Waals surface area contributed by atoms with Gasteiger partial charge in [-0.25, -0.2) is 4.98 Å². The molecule has 2 aliphatic rings. The Kier molecular flexibility index (Phi) is 4.16.